The largest absolute Gasteiger partial charge is 0.325 e. The lowest BCUT2D eigenvalue weighted by Gasteiger charge is -2.32. The van der Waals surface area contributed by atoms with Crippen molar-refractivity contribution < 1.29 is 4.79 Å². The summed E-state index contributed by atoms with van der Waals surface area (Å²) in [7, 11) is 0. The molecule has 2 fully saturated rings. The van der Waals surface area contributed by atoms with E-state index in [4.69, 9.17) is 0 Å². The molecule has 0 unspecified atom stereocenters. The molecule has 2 amide bonds. The van der Waals surface area contributed by atoms with Crippen molar-refractivity contribution in [3.05, 3.63) is 66.2 Å². The summed E-state index contributed by atoms with van der Waals surface area (Å²) in [6.45, 7) is 2.76. The van der Waals surface area contributed by atoms with Crippen LogP contribution in [-0.2, 0) is 0 Å². The van der Waals surface area contributed by atoms with Crippen molar-refractivity contribution in [1.29, 1.82) is 0 Å². The molecule has 26 heavy (non-hydrogen) atoms. The van der Waals surface area contributed by atoms with Gasteiger partial charge in [0.1, 0.15) is 0 Å². The molecule has 2 N–H and O–H groups in total. The van der Waals surface area contributed by atoms with Crippen LogP contribution in [0.5, 0.6) is 0 Å². The Labute approximate surface area is 155 Å². The van der Waals surface area contributed by atoms with Crippen LogP contribution in [0.2, 0.25) is 0 Å². The summed E-state index contributed by atoms with van der Waals surface area (Å²) in [5, 5.41) is 6.72. The molecule has 1 saturated carbocycles. The van der Waals surface area contributed by atoms with Crippen LogP contribution in [-0.4, -0.2) is 36.6 Å². The number of rotatable bonds is 5. The highest BCUT2D eigenvalue weighted by Crippen LogP contribution is 2.40. The number of anilines is 1. The number of hydrogen-bond donors (Lipinski definition) is 2. The van der Waals surface area contributed by atoms with E-state index in [1.807, 2.05) is 35.2 Å². The van der Waals surface area contributed by atoms with Gasteiger partial charge >= 0.3 is 6.03 Å². The summed E-state index contributed by atoms with van der Waals surface area (Å²) >= 11 is 0. The highest BCUT2D eigenvalue weighted by Gasteiger charge is 2.38. The molecule has 1 aliphatic heterocycles. The molecule has 0 aromatic heterocycles. The van der Waals surface area contributed by atoms with Gasteiger partial charge in [0.25, 0.3) is 0 Å². The fourth-order valence-corrected chi connectivity index (χ4v) is 3.87. The highest BCUT2D eigenvalue weighted by molar-refractivity contribution is 5.89. The summed E-state index contributed by atoms with van der Waals surface area (Å²) < 4.78 is 0. The molecule has 0 bridgehead atoms. The van der Waals surface area contributed by atoms with Crippen LogP contribution < -0.4 is 10.6 Å². The van der Waals surface area contributed by atoms with Crippen LogP contribution in [0.15, 0.2) is 60.7 Å². The van der Waals surface area contributed by atoms with Gasteiger partial charge < -0.3 is 15.5 Å². The predicted octanol–water partition coefficient (Wildman–Crippen LogP) is 4.08. The Bertz CT molecular complexity index is 711. The quantitative estimate of drug-likeness (QED) is 0.854. The van der Waals surface area contributed by atoms with Gasteiger partial charge in [-0.25, -0.2) is 4.79 Å². The summed E-state index contributed by atoms with van der Waals surface area (Å²) in [6.07, 6.45) is 3.41. The molecule has 0 spiro atoms. The number of carbonyl (C=O) groups is 1. The Morgan fingerprint density at radius 1 is 0.962 bits per heavy atom. The summed E-state index contributed by atoms with van der Waals surface area (Å²) in [6, 6.07) is 21.1. The van der Waals surface area contributed by atoms with E-state index in [9.17, 15) is 4.79 Å². The molecular weight excluding hydrogens is 322 g/mol. The summed E-state index contributed by atoms with van der Waals surface area (Å²) in [5.74, 6) is 1.36. The first kappa shape index (κ1) is 17.1. The second-order valence-corrected chi connectivity index (χ2v) is 7.49. The van der Waals surface area contributed by atoms with Crippen LogP contribution in [0.1, 0.15) is 30.7 Å². The Balaban J connectivity index is 1.17. The summed E-state index contributed by atoms with van der Waals surface area (Å²) in [5.41, 5.74) is 2.32. The minimum Gasteiger partial charge on any atom is -0.325 e. The molecule has 2 aromatic carbocycles. The third-order valence-corrected chi connectivity index (χ3v) is 5.61. The van der Waals surface area contributed by atoms with Gasteiger partial charge in [0.15, 0.2) is 0 Å². The molecule has 4 rings (SSSR count). The Hall–Kier alpha value is -2.33. The molecule has 2 aliphatic rings. The minimum absolute atomic E-state index is 0.0222. The Kier molecular flexibility index (Phi) is 5.21. The average Bonchev–Trinajstić information content (AvgIpc) is 3.48. The maximum atomic E-state index is 12.3. The number of urea groups is 1. The minimum atomic E-state index is 0.0222. The predicted molar refractivity (Wildman–Crippen MR) is 105 cm³/mol. The number of piperidine rings is 1. The molecule has 4 heteroatoms. The molecule has 4 nitrogen and oxygen atoms in total. The topological polar surface area (TPSA) is 44.4 Å². The number of para-hydroxylation sites is 1. The van der Waals surface area contributed by atoms with E-state index in [2.05, 4.69) is 41.0 Å². The molecule has 1 heterocycles. The number of likely N-dealkylation sites (tertiary alicyclic amines) is 1. The summed E-state index contributed by atoms with van der Waals surface area (Å²) in [4.78, 5) is 14.3. The maximum absolute atomic E-state index is 12.3. The van der Waals surface area contributed by atoms with Crippen molar-refractivity contribution >= 4 is 11.7 Å². The van der Waals surface area contributed by atoms with Crippen LogP contribution in [0.4, 0.5) is 10.5 Å². The molecular formula is C22H27N3O. The Morgan fingerprint density at radius 2 is 1.62 bits per heavy atom. The monoisotopic (exact) mass is 349 g/mol. The fourth-order valence-electron chi connectivity index (χ4n) is 3.87. The molecule has 2 aromatic rings. The fraction of sp³-hybridized carbons (Fsp3) is 0.409. The number of carbonyl (C=O) groups excluding carboxylic acids is 1. The normalized spacial score (nSPS) is 22.8. The lowest BCUT2D eigenvalue weighted by atomic mass is 9.97. The van der Waals surface area contributed by atoms with E-state index < -0.39 is 0 Å². The van der Waals surface area contributed by atoms with Gasteiger partial charge in [-0.2, -0.15) is 0 Å². The molecule has 0 radical (unpaired) electrons. The first-order valence-corrected chi connectivity index (χ1v) is 9.69. The molecule has 2 atom stereocenters. The van der Waals surface area contributed by atoms with Crippen molar-refractivity contribution in [1.82, 2.24) is 10.2 Å². The van der Waals surface area contributed by atoms with E-state index in [1.54, 1.807) is 0 Å². The highest BCUT2D eigenvalue weighted by atomic mass is 16.2. The van der Waals surface area contributed by atoms with Crippen molar-refractivity contribution in [3.63, 3.8) is 0 Å². The first-order chi connectivity index (χ1) is 12.8. The lowest BCUT2D eigenvalue weighted by molar-refractivity contribution is 0.181. The van der Waals surface area contributed by atoms with Gasteiger partial charge in [0, 0.05) is 30.7 Å². The van der Waals surface area contributed by atoms with E-state index in [0.29, 0.717) is 17.9 Å². The van der Waals surface area contributed by atoms with E-state index in [-0.39, 0.29) is 6.03 Å². The zero-order valence-corrected chi connectivity index (χ0v) is 15.1. The van der Waals surface area contributed by atoms with Gasteiger partial charge in [0.2, 0.25) is 0 Å². The van der Waals surface area contributed by atoms with Crippen molar-refractivity contribution in [2.45, 2.75) is 31.2 Å². The van der Waals surface area contributed by atoms with E-state index in [0.717, 1.165) is 38.2 Å². The van der Waals surface area contributed by atoms with Crippen molar-refractivity contribution in [3.8, 4) is 0 Å². The van der Waals surface area contributed by atoms with Crippen LogP contribution >= 0.6 is 0 Å². The standard InChI is InChI=1S/C22H27N3O/c26-22(24-19-9-5-2-6-10-19)25-13-11-17(12-14-25)16-23-21-15-20(21)18-7-3-1-4-8-18/h1-10,17,20-21,23H,11-16H2,(H,24,26)/t20-,21+/m1/s1. The second-order valence-electron chi connectivity index (χ2n) is 7.49. The SMILES string of the molecule is O=C(Nc1ccccc1)N1CCC(CN[C@H]2C[C@@H]2c2ccccc2)CC1. The lowest BCUT2D eigenvalue weighted by Crippen LogP contribution is -2.43. The molecule has 1 aliphatic carbocycles. The van der Waals surface area contributed by atoms with Gasteiger partial charge in [-0.1, -0.05) is 48.5 Å². The van der Waals surface area contributed by atoms with Gasteiger partial charge in [-0.05, 0) is 49.4 Å². The zero-order valence-electron chi connectivity index (χ0n) is 15.1. The van der Waals surface area contributed by atoms with E-state index in [1.165, 1.54) is 12.0 Å². The average molecular weight is 349 g/mol. The third-order valence-electron chi connectivity index (χ3n) is 5.61. The van der Waals surface area contributed by atoms with Gasteiger partial charge in [-0.3, -0.25) is 0 Å². The number of nitrogens with zero attached hydrogens (tertiary/aromatic N) is 1. The van der Waals surface area contributed by atoms with Gasteiger partial charge in [0.05, 0.1) is 0 Å². The van der Waals surface area contributed by atoms with Crippen LogP contribution in [0.3, 0.4) is 0 Å². The zero-order chi connectivity index (χ0) is 17.8. The number of nitrogens with one attached hydrogen (secondary N) is 2. The van der Waals surface area contributed by atoms with Crippen LogP contribution in [0, 0.1) is 5.92 Å². The second kappa shape index (κ2) is 7.92. The number of amides is 2. The molecule has 136 valence electrons. The Morgan fingerprint density at radius 3 is 2.31 bits per heavy atom. The number of hydrogen-bond acceptors (Lipinski definition) is 2. The number of benzene rings is 2. The smallest absolute Gasteiger partial charge is 0.321 e. The molecule has 1 saturated heterocycles. The first-order valence-electron chi connectivity index (χ1n) is 9.69. The van der Waals surface area contributed by atoms with Crippen LogP contribution in [0.25, 0.3) is 0 Å². The van der Waals surface area contributed by atoms with Crippen molar-refractivity contribution in [2.24, 2.45) is 5.92 Å². The maximum Gasteiger partial charge on any atom is 0.321 e. The van der Waals surface area contributed by atoms with E-state index >= 15 is 0 Å². The van der Waals surface area contributed by atoms with Gasteiger partial charge in [-0.15, -0.1) is 0 Å². The third kappa shape index (κ3) is 4.25. The van der Waals surface area contributed by atoms with Crippen molar-refractivity contribution in [2.75, 3.05) is 25.0 Å².